The van der Waals surface area contributed by atoms with Gasteiger partial charge in [-0.2, -0.15) is 0 Å². The number of urea groups is 1. The maximum Gasteiger partial charge on any atom is 0.315 e. The number of aliphatic hydroxyl groups is 1. The molecule has 2 atom stereocenters. The first kappa shape index (κ1) is 14.3. The molecule has 2 amide bonds. The third-order valence-electron chi connectivity index (χ3n) is 3.03. The van der Waals surface area contributed by atoms with Crippen molar-refractivity contribution in [1.82, 2.24) is 10.6 Å². The molecule has 1 heterocycles. The van der Waals surface area contributed by atoms with Gasteiger partial charge in [0.15, 0.2) is 0 Å². The Morgan fingerprint density at radius 1 is 1.47 bits per heavy atom. The second-order valence-corrected chi connectivity index (χ2v) is 5.92. The Hall–Kier alpha value is -0.810. The summed E-state index contributed by atoms with van der Waals surface area (Å²) in [6.07, 6.45) is 0.779. The van der Waals surface area contributed by atoms with Crippen LogP contribution >= 0.6 is 0 Å². The van der Waals surface area contributed by atoms with Crippen molar-refractivity contribution in [2.45, 2.75) is 64.3 Å². The summed E-state index contributed by atoms with van der Waals surface area (Å²) in [6.45, 7) is 9.67. The third-order valence-corrected chi connectivity index (χ3v) is 3.03. The largest absolute Gasteiger partial charge is 0.394 e. The molecule has 1 unspecified atom stereocenters. The Kier molecular flexibility index (Phi) is 4.04. The third kappa shape index (κ3) is 3.85. The van der Waals surface area contributed by atoms with Gasteiger partial charge in [-0.3, -0.25) is 0 Å². The van der Waals surface area contributed by atoms with Gasteiger partial charge in [0.25, 0.3) is 0 Å². The van der Waals surface area contributed by atoms with Gasteiger partial charge in [0, 0.05) is 0 Å². The van der Waals surface area contributed by atoms with Crippen LogP contribution in [0.4, 0.5) is 4.79 Å². The lowest BCUT2D eigenvalue weighted by Crippen LogP contribution is -2.51. The van der Waals surface area contributed by atoms with E-state index in [4.69, 9.17) is 9.84 Å². The SMILES string of the molecule is C[C@@H](CO)NC(=O)NC1CC(C)(C)OC1(C)C. The highest BCUT2D eigenvalue weighted by atomic mass is 16.5. The Morgan fingerprint density at radius 3 is 2.47 bits per heavy atom. The first-order chi connectivity index (χ1) is 7.66. The molecule has 1 fully saturated rings. The fraction of sp³-hybridized carbons (Fsp3) is 0.917. The number of carbonyl (C=O) groups excluding carboxylic acids is 1. The quantitative estimate of drug-likeness (QED) is 0.694. The molecule has 0 bridgehead atoms. The van der Waals surface area contributed by atoms with Gasteiger partial charge in [-0.15, -0.1) is 0 Å². The van der Waals surface area contributed by atoms with E-state index >= 15 is 0 Å². The molecule has 3 N–H and O–H groups in total. The van der Waals surface area contributed by atoms with E-state index in [0.717, 1.165) is 6.42 Å². The fourth-order valence-electron chi connectivity index (χ4n) is 2.26. The predicted octanol–water partition coefficient (Wildman–Crippen LogP) is 1.01. The van der Waals surface area contributed by atoms with Crippen LogP contribution in [0.1, 0.15) is 41.0 Å². The summed E-state index contributed by atoms with van der Waals surface area (Å²) in [5.74, 6) is 0. The monoisotopic (exact) mass is 244 g/mol. The average Bonchev–Trinajstić information content (AvgIpc) is 2.33. The van der Waals surface area contributed by atoms with Crippen molar-refractivity contribution in [3.8, 4) is 0 Å². The molecular weight excluding hydrogens is 220 g/mol. The van der Waals surface area contributed by atoms with Crippen LogP contribution < -0.4 is 10.6 Å². The molecule has 0 aromatic carbocycles. The summed E-state index contributed by atoms with van der Waals surface area (Å²) >= 11 is 0. The van der Waals surface area contributed by atoms with Crippen molar-refractivity contribution in [1.29, 1.82) is 0 Å². The molecule has 100 valence electrons. The highest BCUT2D eigenvalue weighted by Crippen LogP contribution is 2.37. The van der Waals surface area contributed by atoms with Crippen LogP contribution in [-0.2, 0) is 4.74 Å². The van der Waals surface area contributed by atoms with E-state index in [9.17, 15) is 4.79 Å². The van der Waals surface area contributed by atoms with Gasteiger partial charge in [-0.05, 0) is 41.0 Å². The van der Waals surface area contributed by atoms with Crippen LogP contribution in [0.2, 0.25) is 0 Å². The van der Waals surface area contributed by atoms with E-state index in [1.54, 1.807) is 6.92 Å². The Labute approximate surface area is 103 Å². The lowest BCUT2D eigenvalue weighted by Gasteiger charge is -2.28. The molecule has 17 heavy (non-hydrogen) atoms. The molecule has 1 aliphatic heterocycles. The number of rotatable bonds is 3. The topological polar surface area (TPSA) is 70.6 Å². The molecule has 0 aromatic rings. The molecule has 1 saturated heterocycles. The lowest BCUT2D eigenvalue weighted by atomic mass is 9.95. The van der Waals surface area contributed by atoms with Crippen molar-refractivity contribution in [3.63, 3.8) is 0 Å². The van der Waals surface area contributed by atoms with Gasteiger partial charge in [-0.1, -0.05) is 0 Å². The van der Waals surface area contributed by atoms with Gasteiger partial charge >= 0.3 is 6.03 Å². The summed E-state index contributed by atoms with van der Waals surface area (Å²) in [5.41, 5.74) is -0.590. The van der Waals surface area contributed by atoms with Crippen LogP contribution in [0.15, 0.2) is 0 Å². The number of aliphatic hydroxyl groups excluding tert-OH is 1. The summed E-state index contributed by atoms with van der Waals surface area (Å²) in [6, 6.07) is -0.525. The Balaban J connectivity index is 2.54. The number of hydrogen-bond acceptors (Lipinski definition) is 3. The van der Waals surface area contributed by atoms with E-state index in [0.29, 0.717) is 0 Å². The predicted molar refractivity (Wildman–Crippen MR) is 65.9 cm³/mol. The summed E-state index contributed by atoms with van der Waals surface area (Å²) in [7, 11) is 0. The molecule has 0 radical (unpaired) electrons. The Bertz CT molecular complexity index is 289. The molecule has 5 heteroatoms. The summed E-state index contributed by atoms with van der Waals surface area (Å²) in [5, 5.41) is 14.4. The van der Waals surface area contributed by atoms with Crippen molar-refractivity contribution in [2.75, 3.05) is 6.61 Å². The van der Waals surface area contributed by atoms with Crippen LogP contribution in [0.3, 0.4) is 0 Å². The van der Waals surface area contributed by atoms with E-state index in [2.05, 4.69) is 10.6 Å². The first-order valence-electron chi connectivity index (χ1n) is 6.04. The molecule has 5 nitrogen and oxygen atoms in total. The number of nitrogens with one attached hydrogen (secondary N) is 2. The van der Waals surface area contributed by atoms with Crippen molar-refractivity contribution >= 4 is 6.03 Å². The number of hydrogen-bond donors (Lipinski definition) is 3. The number of carbonyl (C=O) groups is 1. The van der Waals surface area contributed by atoms with E-state index < -0.39 is 0 Å². The highest BCUT2D eigenvalue weighted by molar-refractivity contribution is 5.74. The number of ether oxygens (including phenoxy) is 1. The van der Waals surface area contributed by atoms with E-state index in [1.807, 2.05) is 27.7 Å². The first-order valence-corrected chi connectivity index (χ1v) is 6.04. The molecule has 0 aromatic heterocycles. The van der Waals surface area contributed by atoms with Crippen LogP contribution in [0, 0.1) is 0 Å². The van der Waals surface area contributed by atoms with Gasteiger partial charge in [0.2, 0.25) is 0 Å². The zero-order chi connectivity index (χ0) is 13.3. The Morgan fingerprint density at radius 2 is 2.06 bits per heavy atom. The van der Waals surface area contributed by atoms with Crippen molar-refractivity contribution in [3.05, 3.63) is 0 Å². The zero-order valence-corrected chi connectivity index (χ0v) is 11.3. The molecule has 0 spiro atoms. The molecule has 1 rings (SSSR count). The summed E-state index contributed by atoms with van der Waals surface area (Å²) < 4.78 is 5.89. The van der Waals surface area contributed by atoms with Crippen molar-refractivity contribution < 1.29 is 14.6 Å². The maximum atomic E-state index is 11.7. The van der Waals surface area contributed by atoms with Gasteiger partial charge < -0.3 is 20.5 Å². The molecular formula is C12H24N2O3. The van der Waals surface area contributed by atoms with E-state index in [1.165, 1.54) is 0 Å². The lowest BCUT2D eigenvalue weighted by molar-refractivity contribution is -0.0690. The van der Waals surface area contributed by atoms with Gasteiger partial charge in [0.05, 0.1) is 29.9 Å². The second-order valence-electron chi connectivity index (χ2n) is 5.92. The van der Waals surface area contributed by atoms with Gasteiger partial charge in [0.1, 0.15) is 0 Å². The molecule has 0 aliphatic carbocycles. The van der Waals surface area contributed by atoms with Crippen LogP contribution in [0.5, 0.6) is 0 Å². The standard InChI is InChI=1S/C12H24N2O3/c1-8(7-15)13-10(16)14-9-6-11(2,3)17-12(9,4)5/h8-9,15H,6-7H2,1-5H3,(H2,13,14,16)/t8-,9?/m0/s1. The maximum absolute atomic E-state index is 11.7. The van der Waals surface area contributed by atoms with Gasteiger partial charge in [-0.25, -0.2) is 4.79 Å². The smallest absolute Gasteiger partial charge is 0.315 e. The molecule has 1 aliphatic rings. The highest BCUT2D eigenvalue weighted by Gasteiger charge is 2.46. The minimum atomic E-state index is -0.372. The average molecular weight is 244 g/mol. The minimum Gasteiger partial charge on any atom is -0.394 e. The molecule has 0 saturated carbocycles. The van der Waals surface area contributed by atoms with Crippen molar-refractivity contribution in [2.24, 2.45) is 0 Å². The second kappa shape index (κ2) is 4.82. The van der Waals surface area contributed by atoms with E-state index in [-0.39, 0.29) is 35.9 Å². The van der Waals surface area contributed by atoms with Crippen LogP contribution in [-0.4, -0.2) is 41.0 Å². The summed E-state index contributed by atoms with van der Waals surface area (Å²) in [4.78, 5) is 11.7. The van der Waals surface area contributed by atoms with Crippen LogP contribution in [0.25, 0.3) is 0 Å². The normalized spacial score (nSPS) is 27.5. The minimum absolute atomic E-state index is 0.0246. The number of amides is 2. The fourth-order valence-corrected chi connectivity index (χ4v) is 2.26. The zero-order valence-electron chi connectivity index (χ0n) is 11.3.